The van der Waals surface area contributed by atoms with Crippen molar-refractivity contribution in [3.63, 3.8) is 0 Å². The summed E-state index contributed by atoms with van der Waals surface area (Å²) < 4.78 is 26.7. The Balaban J connectivity index is 2.07. The van der Waals surface area contributed by atoms with Gasteiger partial charge in [0.1, 0.15) is 0 Å². The van der Waals surface area contributed by atoms with E-state index in [1.54, 1.807) is 18.4 Å². The standard InChI is InChI=1S/C9H19N3O2S/c1-11(2)15(13,14)12-4-3-8-5-10-6-9(8)7-12/h8-10H,3-7H2,1-2H3/t8-,9-/m0/s1. The van der Waals surface area contributed by atoms with E-state index in [0.29, 0.717) is 24.9 Å². The zero-order valence-electron chi connectivity index (χ0n) is 9.31. The third-order valence-corrected chi connectivity index (χ3v) is 5.36. The first kappa shape index (κ1) is 11.3. The summed E-state index contributed by atoms with van der Waals surface area (Å²) in [7, 11) is -0.0165. The largest absolute Gasteiger partial charge is 0.316 e. The van der Waals surface area contributed by atoms with Crippen LogP contribution >= 0.6 is 0 Å². The molecule has 6 heteroatoms. The zero-order valence-corrected chi connectivity index (χ0v) is 10.1. The van der Waals surface area contributed by atoms with Gasteiger partial charge >= 0.3 is 0 Å². The average Bonchev–Trinajstić information content (AvgIpc) is 2.63. The molecule has 2 aliphatic heterocycles. The molecule has 0 radical (unpaired) electrons. The van der Waals surface area contributed by atoms with Crippen LogP contribution in [0.3, 0.4) is 0 Å². The lowest BCUT2D eigenvalue weighted by molar-refractivity contribution is 0.220. The molecule has 0 saturated carbocycles. The summed E-state index contributed by atoms with van der Waals surface area (Å²) in [6.45, 7) is 3.37. The van der Waals surface area contributed by atoms with E-state index in [4.69, 9.17) is 0 Å². The molecule has 0 aromatic carbocycles. The van der Waals surface area contributed by atoms with E-state index in [1.165, 1.54) is 4.31 Å². The number of rotatable bonds is 2. The maximum absolute atomic E-state index is 11.9. The number of piperidine rings is 1. The summed E-state index contributed by atoms with van der Waals surface area (Å²) in [6, 6.07) is 0. The molecule has 0 aromatic heterocycles. The molecule has 0 unspecified atom stereocenters. The van der Waals surface area contributed by atoms with E-state index in [-0.39, 0.29) is 0 Å². The summed E-state index contributed by atoms with van der Waals surface area (Å²) in [6.07, 6.45) is 0.991. The second-order valence-corrected chi connectivity index (χ2v) is 6.76. The molecule has 0 spiro atoms. The number of hydrogen-bond donors (Lipinski definition) is 1. The number of nitrogens with one attached hydrogen (secondary N) is 1. The maximum Gasteiger partial charge on any atom is 0.281 e. The summed E-state index contributed by atoms with van der Waals surface area (Å²) in [5.41, 5.74) is 0. The Kier molecular flexibility index (Phi) is 3.03. The normalized spacial score (nSPS) is 33.3. The molecule has 0 aromatic rings. The van der Waals surface area contributed by atoms with Gasteiger partial charge in [0.25, 0.3) is 10.2 Å². The molecule has 15 heavy (non-hydrogen) atoms. The molecule has 2 saturated heterocycles. The van der Waals surface area contributed by atoms with Gasteiger partial charge in [-0.3, -0.25) is 0 Å². The van der Waals surface area contributed by atoms with E-state index in [0.717, 1.165) is 19.5 Å². The molecule has 2 heterocycles. The molecule has 1 N–H and O–H groups in total. The van der Waals surface area contributed by atoms with Gasteiger partial charge in [0.05, 0.1) is 0 Å². The monoisotopic (exact) mass is 233 g/mol. The van der Waals surface area contributed by atoms with E-state index < -0.39 is 10.2 Å². The SMILES string of the molecule is CN(C)S(=O)(=O)N1CC[C@H]2CNC[C@H]2C1. The van der Waals surface area contributed by atoms with Gasteiger partial charge in [0.15, 0.2) is 0 Å². The highest BCUT2D eigenvalue weighted by atomic mass is 32.2. The van der Waals surface area contributed by atoms with Crippen molar-refractivity contribution >= 4 is 10.2 Å². The van der Waals surface area contributed by atoms with Crippen molar-refractivity contribution in [3.8, 4) is 0 Å². The van der Waals surface area contributed by atoms with E-state index in [9.17, 15) is 8.42 Å². The summed E-state index contributed by atoms with van der Waals surface area (Å²) in [4.78, 5) is 0. The Hall–Kier alpha value is -0.170. The van der Waals surface area contributed by atoms with Gasteiger partial charge in [0.2, 0.25) is 0 Å². The van der Waals surface area contributed by atoms with Crippen molar-refractivity contribution < 1.29 is 8.42 Å². The first-order chi connectivity index (χ1) is 7.01. The average molecular weight is 233 g/mol. The third-order valence-electron chi connectivity index (χ3n) is 3.45. The van der Waals surface area contributed by atoms with Crippen LogP contribution < -0.4 is 5.32 Å². The van der Waals surface area contributed by atoms with Gasteiger partial charge in [0, 0.05) is 27.2 Å². The Morgan fingerprint density at radius 3 is 2.60 bits per heavy atom. The minimum Gasteiger partial charge on any atom is -0.316 e. The Morgan fingerprint density at radius 2 is 1.93 bits per heavy atom. The zero-order chi connectivity index (χ0) is 11.1. The fraction of sp³-hybridized carbons (Fsp3) is 1.00. The lowest BCUT2D eigenvalue weighted by Gasteiger charge is -2.34. The quantitative estimate of drug-likeness (QED) is 0.688. The Morgan fingerprint density at radius 1 is 1.27 bits per heavy atom. The van der Waals surface area contributed by atoms with Crippen molar-refractivity contribution in [1.29, 1.82) is 0 Å². The first-order valence-corrected chi connectivity index (χ1v) is 6.80. The fourth-order valence-electron chi connectivity index (χ4n) is 2.44. The maximum atomic E-state index is 11.9. The molecule has 2 fully saturated rings. The van der Waals surface area contributed by atoms with Gasteiger partial charge in [-0.2, -0.15) is 17.0 Å². The van der Waals surface area contributed by atoms with Crippen LogP contribution in [0.2, 0.25) is 0 Å². The van der Waals surface area contributed by atoms with Gasteiger partial charge in [-0.25, -0.2) is 0 Å². The number of hydrogen-bond acceptors (Lipinski definition) is 3. The van der Waals surface area contributed by atoms with Crippen LogP contribution in [0.5, 0.6) is 0 Å². The van der Waals surface area contributed by atoms with Gasteiger partial charge in [-0.1, -0.05) is 0 Å². The lowest BCUT2D eigenvalue weighted by Crippen LogP contribution is -2.47. The second-order valence-electron chi connectivity index (χ2n) is 4.62. The van der Waals surface area contributed by atoms with Crippen LogP contribution in [0.1, 0.15) is 6.42 Å². The molecule has 0 aliphatic carbocycles. The van der Waals surface area contributed by atoms with Crippen molar-refractivity contribution in [2.24, 2.45) is 11.8 Å². The first-order valence-electron chi connectivity index (χ1n) is 5.40. The molecule has 0 amide bonds. The van der Waals surface area contributed by atoms with E-state index in [2.05, 4.69) is 5.32 Å². The Bertz CT molecular complexity index is 328. The summed E-state index contributed by atoms with van der Waals surface area (Å²) in [5, 5.41) is 3.33. The summed E-state index contributed by atoms with van der Waals surface area (Å²) >= 11 is 0. The van der Waals surface area contributed by atoms with Crippen molar-refractivity contribution in [3.05, 3.63) is 0 Å². The molecular formula is C9H19N3O2S. The van der Waals surface area contributed by atoms with Gasteiger partial charge in [-0.15, -0.1) is 0 Å². The minimum atomic E-state index is -3.20. The topological polar surface area (TPSA) is 52.7 Å². The lowest BCUT2D eigenvalue weighted by atomic mass is 9.90. The number of fused-ring (bicyclic) bond motifs is 1. The van der Waals surface area contributed by atoms with E-state index >= 15 is 0 Å². The third kappa shape index (κ3) is 2.04. The molecule has 88 valence electrons. The van der Waals surface area contributed by atoms with E-state index in [1.807, 2.05) is 0 Å². The highest BCUT2D eigenvalue weighted by molar-refractivity contribution is 7.86. The number of nitrogens with zero attached hydrogens (tertiary/aromatic N) is 2. The Labute approximate surface area is 91.6 Å². The highest BCUT2D eigenvalue weighted by Gasteiger charge is 2.37. The minimum absolute atomic E-state index is 0.508. The second kappa shape index (κ2) is 4.01. The van der Waals surface area contributed by atoms with Crippen LogP contribution in [-0.4, -0.2) is 57.3 Å². The molecule has 0 bridgehead atoms. The smallest absolute Gasteiger partial charge is 0.281 e. The summed E-state index contributed by atoms with van der Waals surface area (Å²) in [5.74, 6) is 1.19. The fourth-order valence-corrected chi connectivity index (χ4v) is 3.62. The molecular weight excluding hydrogens is 214 g/mol. The van der Waals surface area contributed by atoms with Crippen LogP contribution in [-0.2, 0) is 10.2 Å². The molecule has 2 aliphatic rings. The predicted molar refractivity (Wildman–Crippen MR) is 58.6 cm³/mol. The van der Waals surface area contributed by atoms with Crippen LogP contribution in [0.4, 0.5) is 0 Å². The molecule has 2 rings (SSSR count). The predicted octanol–water partition coefficient (Wildman–Crippen LogP) is -0.666. The van der Waals surface area contributed by atoms with Crippen LogP contribution in [0.25, 0.3) is 0 Å². The van der Waals surface area contributed by atoms with Crippen molar-refractivity contribution in [2.45, 2.75) is 6.42 Å². The van der Waals surface area contributed by atoms with Crippen molar-refractivity contribution in [1.82, 2.24) is 13.9 Å². The van der Waals surface area contributed by atoms with Crippen LogP contribution in [0.15, 0.2) is 0 Å². The molecule has 5 nitrogen and oxygen atoms in total. The molecule has 2 atom stereocenters. The van der Waals surface area contributed by atoms with Gasteiger partial charge < -0.3 is 5.32 Å². The van der Waals surface area contributed by atoms with Crippen LogP contribution in [0, 0.1) is 11.8 Å². The van der Waals surface area contributed by atoms with Gasteiger partial charge in [-0.05, 0) is 31.3 Å². The highest BCUT2D eigenvalue weighted by Crippen LogP contribution is 2.28. The van der Waals surface area contributed by atoms with Crippen molar-refractivity contribution in [2.75, 3.05) is 40.3 Å².